The number of anilines is 2. The zero-order valence-electron chi connectivity index (χ0n) is 18.6. The van der Waals surface area contributed by atoms with Crippen LogP contribution in [0.2, 0.25) is 0 Å². The third-order valence-electron chi connectivity index (χ3n) is 4.64. The van der Waals surface area contributed by atoms with E-state index in [0.29, 0.717) is 32.9 Å². The Kier molecular flexibility index (Phi) is 8.43. The SMILES string of the molecule is COc1ccc(NC(=O)/C(C#N)=C/c2ccc(OCC(=O)Nc3cccc(C)c3)c(Br)c2)cc1. The highest BCUT2D eigenvalue weighted by molar-refractivity contribution is 9.10. The Morgan fingerprint density at radius 3 is 2.44 bits per heavy atom. The van der Waals surface area contributed by atoms with Crippen LogP contribution in [0, 0.1) is 18.3 Å². The summed E-state index contributed by atoms with van der Waals surface area (Å²) in [5, 5.41) is 14.9. The lowest BCUT2D eigenvalue weighted by Gasteiger charge is -2.10. The van der Waals surface area contributed by atoms with Gasteiger partial charge in [0.15, 0.2) is 6.61 Å². The molecule has 0 aliphatic heterocycles. The molecule has 3 aromatic carbocycles. The molecule has 3 rings (SSSR count). The number of nitriles is 1. The van der Waals surface area contributed by atoms with Crippen molar-refractivity contribution in [2.24, 2.45) is 0 Å². The van der Waals surface area contributed by atoms with Crippen LogP contribution in [0.3, 0.4) is 0 Å². The molecule has 7 nitrogen and oxygen atoms in total. The van der Waals surface area contributed by atoms with Gasteiger partial charge in [0.05, 0.1) is 11.6 Å². The first-order valence-corrected chi connectivity index (χ1v) is 11.0. The maximum atomic E-state index is 12.5. The van der Waals surface area contributed by atoms with Crippen LogP contribution in [0.25, 0.3) is 6.08 Å². The van der Waals surface area contributed by atoms with Crippen molar-refractivity contribution in [3.63, 3.8) is 0 Å². The van der Waals surface area contributed by atoms with Gasteiger partial charge in [-0.2, -0.15) is 5.26 Å². The van der Waals surface area contributed by atoms with Crippen molar-refractivity contribution in [1.29, 1.82) is 5.26 Å². The Labute approximate surface area is 206 Å². The molecule has 172 valence electrons. The smallest absolute Gasteiger partial charge is 0.266 e. The summed E-state index contributed by atoms with van der Waals surface area (Å²) in [6.07, 6.45) is 1.47. The number of benzene rings is 3. The van der Waals surface area contributed by atoms with Crippen LogP contribution in [-0.2, 0) is 9.59 Å². The summed E-state index contributed by atoms with van der Waals surface area (Å²) in [4.78, 5) is 24.7. The summed E-state index contributed by atoms with van der Waals surface area (Å²) in [6.45, 7) is 1.77. The minimum Gasteiger partial charge on any atom is -0.497 e. The molecule has 0 aliphatic rings. The number of hydrogen-bond acceptors (Lipinski definition) is 5. The van der Waals surface area contributed by atoms with Crippen molar-refractivity contribution in [3.05, 3.63) is 87.9 Å². The van der Waals surface area contributed by atoms with E-state index in [1.54, 1.807) is 55.6 Å². The van der Waals surface area contributed by atoms with Gasteiger partial charge in [-0.3, -0.25) is 9.59 Å². The predicted octanol–water partition coefficient (Wildman–Crippen LogP) is 5.33. The zero-order valence-corrected chi connectivity index (χ0v) is 20.2. The van der Waals surface area contributed by atoms with Crippen LogP contribution >= 0.6 is 15.9 Å². The fourth-order valence-corrected chi connectivity index (χ4v) is 3.49. The first-order valence-electron chi connectivity index (χ1n) is 10.2. The Hall–Kier alpha value is -4.09. The molecular weight excluding hydrogens is 498 g/mol. The third kappa shape index (κ3) is 6.95. The second-order valence-corrected chi connectivity index (χ2v) is 8.10. The molecule has 0 saturated heterocycles. The van der Waals surface area contributed by atoms with Crippen molar-refractivity contribution in [3.8, 4) is 17.6 Å². The monoisotopic (exact) mass is 519 g/mol. The number of halogens is 1. The van der Waals surface area contributed by atoms with Crippen molar-refractivity contribution in [1.82, 2.24) is 0 Å². The van der Waals surface area contributed by atoms with Gasteiger partial charge in [0.1, 0.15) is 23.1 Å². The van der Waals surface area contributed by atoms with E-state index in [0.717, 1.165) is 5.56 Å². The predicted molar refractivity (Wildman–Crippen MR) is 135 cm³/mol. The van der Waals surface area contributed by atoms with Gasteiger partial charge in [0.25, 0.3) is 11.8 Å². The Morgan fingerprint density at radius 1 is 1.03 bits per heavy atom. The molecule has 0 heterocycles. The second kappa shape index (κ2) is 11.7. The van der Waals surface area contributed by atoms with E-state index in [-0.39, 0.29) is 18.1 Å². The maximum absolute atomic E-state index is 12.5. The van der Waals surface area contributed by atoms with Crippen LogP contribution in [0.4, 0.5) is 11.4 Å². The summed E-state index contributed by atoms with van der Waals surface area (Å²) < 4.78 is 11.3. The van der Waals surface area contributed by atoms with E-state index >= 15 is 0 Å². The number of carbonyl (C=O) groups excluding carboxylic acids is 2. The number of rotatable bonds is 8. The summed E-state index contributed by atoms with van der Waals surface area (Å²) >= 11 is 3.41. The minimum absolute atomic E-state index is 0.0612. The highest BCUT2D eigenvalue weighted by Gasteiger charge is 2.11. The van der Waals surface area contributed by atoms with Crippen LogP contribution < -0.4 is 20.1 Å². The molecule has 0 unspecified atom stereocenters. The molecule has 0 aromatic heterocycles. The number of ether oxygens (including phenoxy) is 2. The van der Waals surface area contributed by atoms with Crippen molar-refractivity contribution in [2.75, 3.05) is 24.4 Å². The Morgan fingerprint density at radius 2 is 1.79 bits per heavy atom. The van der Waals surface area contributed by atoms with Gasteiger partial charge in [0.2, 0.25) is 0 Å². The van der Waals surface area contributed by atoms with Crippen LogP contribution in [0.5, 0.6) is 11.5 Å². The number of nitrogens with zero attached hydrogens (tertiary/aromatic N) is 1. The molecule has 0 fully saturated rings. The van der Waals surface area contributed by atoms with Gasteiger partial charge >= 0.3 is 0 Å². The van der Waals surface area contributed by atoms with Crippen LogP contribution in [0.15, 0.2) is 76.8 Å². The molecule has 0 radical (unpaired) electrons. The van der Waals surface area contributed by atoms with Gasteiger partial charge in [-0.25, -0.2) is 0 Å². The number of nitrogens with one attached hydrogen (secondary N) is 2. The highest BCUT2D eigenvalue weighted by Crippen LogP contribution is 2.27. The van der Waals surface area contributed by atoms with Gasteiger partial charge in [-0.15, -0.1) is 0 Å². The molecule has 0 atom stereocenters. The van der Waals surface area contributed by atoms with E-state index in [1.807, 2.05) is 31.2 Å². The van der Waals surface area contributed by atoms with Crippen molar-refractivity contribution in [2.45, 2.75) is 6.92 Å². The molecule has 2 N–H and O–H groups in total. The first kappa shape index (κ1) is 24.6. The average molecular weight is 520 g/mol. The zero-order chi connectivity index (χ0) is 24.5. The average Bonchev–Trinajstić information content (AvgIpc) is 2.82. The number of carbonyl (C=O) groups is 2. The molecule has 34 heavy (non-hydrogen) atoms. The van der Waals surface area contributed by atoms with Gasteiger partial charge < -0.3 is 20.1 Å². The Balaban J connectivity index is 1.62. The quantitative estimate of drug-likeness (QED) is 0.309. The van der Waals surface area contributed by atoms with E-state index in [4.69, 9.17) is 9.47 Å². The molecule has 0 spiro atoms. The number of amides is 2. The largest absolute Gasteiger partial charge is 0.497 e. The molecule has 0 saturated carbocycles. The van der Waals surface area contributed by atoms with Crippen molar-refractivity contribution >= 4 is 45.2 Å². The number of aryl methyl sites for hydroxylation is 1. The lowest BCUT2D eigenvalue weighted by Crippen LogP contribution is -2.20. The lowest BCUT2D eigenvalue weighted by atomic mass is 10.1. The summed E-state index contributed by atoms with van der Waals surface area (Å²) in [7, 11) is 1.55. The van der Waals surface area contributed by atoms with Gasteiger partial charge in [0, 0.05) is 11.4 Å². The first-order chi connectivity index (χ1) is 16.4. The molecule has 0 aliphatic carbocycles. The third-order valence-corrected chi connectivity index (χ3v) is 5.26. The van der Waals surface area contributed by atoms with Crippen molar-refractivity contribution < 1.29 is 19.1 Å². The normalized spacial score (nSPS) is 10.7. The van der Waals surface area contributed by atoms with Gasteiger partial charge in [-0.1, -0.05) is 18.2 Å². The lowest BCUT2D eigenvalue weighted by molar-refractivity contribution is -0.118. The molecule has 3 aromatic rings. The summed E-state index contributed by atoms with van der Waals surface area (Å²) in [5.41, 5.74) is 2.84. The fourth-order valence-electron chi connectivity index (χ4n) is 2.98. The topological polar surface area (TPSA) is 100 Å². The van der Waals surface area contributed by atoms with E-state index in [2.05, 4.69) is 26.6 Å². The Bertz CT molecular complexity index is 1260. The second-order valence-electron chi connectivity index (χ2n) is 7.25. The van der Waals surface area contributed by atoms with E-state index in [9.17, 15) is 14.9 Å². The fraction of sp³-hybridized carbons (Fsp3) is 0.115. The summed E-state index contributed by atoms with van der Waals surface area (Å²) in [6, 6.07) is 21.2. The van der Waals surface area contributed by atoms with E-state index < -0.39 is 5.91 Å². The molecule has 8 heteroatoms. The van der Waals surface area contributed by atoms with E-state index in [1.165, 1.54) is 6.08 Å². The maximum Gasteiger partial charge on any atom is 0.266 e. The molecule has 0 bridgehead atoms. The van der Waals surface area contributed by atoms with Crippen LogP contribution in [0.1, 0.15) is 11.1 Å². The summed E-state index contributed by atoms with van der Waals surface area (Å²) in [5.74, 6) is 0.298. The minimum atomic E-state index is -0.531. The highest BCUT2D eigenvalue weighted by atomic mass is 79.9. The molecule has 2 amide bonds. The number of hydrogen-bond donors (Lipinski definition) is 2. The van der Waals surface area contributed by atoms with Gasteiger partial charge in [-0.05, 0) is 88.6 Å². The van der Waals surface area contributed by atoms with Crippen LogP contribution in [-0.4, -0.2) is 25.5 Å². The standard InChI is InChI=1S/C26H22BrN3O4/c1-17-4-3-5-21(12-17)29-25(31)16-34-24-11-6-18(14-23(24)27)13-19(15-28)26(32)30-20-7-9-22(33-2)10-8-20/h3-14H,16H2,1-2H3,(H,29,31)(H,30,32)/b19-13+. The molecular formula is C26H22BrN3O4. The number of methoxy groups -OCH3 is 1.